The van der Waals surface area contributed by atoms with Gasteiger partial charge in [0, 0.05) is 0 Å². The van der Waals surface area contributed by atoms with E-state index in [1.54, 1.807) is 0 Å². The Kier molecular flexibility index (Phi) is 12.3. The number of hydrogen-bond donors (Lipinski definition) is 0. The minimum atomic E-state index is 0.833. The van der Waals surface area contributed by atoms with E-state index in [2.05, 4.69) is 41.5 Å². The third kappa shape index (κ3) is 40.0. The lowest BCUT2D eigenvalue weighted by Crippen LogP contribution is -1.83. The van der Waals surface area contributed by atoms with Gasteiger partial charge in [-0.1, -0.05) is 60.8 Å². The second-order valence-corrected chi connectivity index (χ2v) is 4.27. The summed E-state index contributed by atoms with van der Waals surface area (Å²) in [5.74, 6) is 1.74. The summed E-state index contributed by atoms with van der Waals surface area (Å²) < 4.78 is 0. The molecule has 0 aliphatic heterocycles. The smallest absolute Gasteiger partial charge is 0.0471 e. The molecule has 70 valence electrons. The fourth-order valence-electron chi connectivity index (χ4n) is 0.612. The molecule has 0 rings (SSSR count). The Bertz CT molecular complexity index is 50.3. The van der Waals surface area contributed by atoms with Crippen molar-refractivity contribution in [3.8, 4) is 0 Å². The molecule has 0 unspecified atom stereocenters. The van der Waals surface area contributed by atoms with E-state index >= 15 is 0 Å². The summed E-state index contributed by atoms with van der Waals surface area (Å²) in [4.78, 5) is 0. The SMILES string of the molecule is CC(C)C.CCCCC(C)C. The van der Waals surface area contributed by atoms with Crippen molar-refractivity contribution in [2.45, 2.75) is 60.8 Å². The van der Waals surface area contributed by atoms with Crippen molar-refractivity contribution in [2.24, 2.45) is 11.8 Å². The molecule has 0 fully saturated rings. The summed E-state index contributed by atoms with van der Waals surface area (Å²) in [7, 11) is 0. The molecule has 0 N–H and O–H groups in total. The van der Waals surface area contributed by atoms with Crippen LogP contribution in [0.3, 0.4) is 0 Å². The van der Waals surface area contributed by atoms with Gasteiger partial charge >= 0.3 is 0 Å². The quantitative estimate of drug-likeness (QED) is 0.567. The van der Waals surface area contributed by atoms with Crippen LogP contribution in [0.4, 0.5) is 0 Å². The Morgan fingerprint density at radius 1 is 0.909 bits per heavy atom. The van der Waals surface area contributed by atoms with Gasteiger partial charge in [-0.2, -0.15) is 0 Å². The fourth-order valence-corrected chi connectivity index (χ4v) is 0.612. The Balaban J connectivity index is 0. The monoisotopic (exact) mass is 158 g/mol. The second-order valence-electron chi connectivity index (χ2n) is 4.27. The number of unbranched alkanes of at least 4 members (excludes halogenated alkanes) is 1. The first-order valence-corrected chi connectivity index (χ1v) is 5.00. The Morgan fingerprint density at radius 2 is 1.27 bits per heavy atom. The Labute approximate surface area is 73.4 Å². The zero-order valence-corrected chi connectivity index (χ0v) is 9.28. The molecule has 0 atom stereocenters. The molecule has 0 amide bonds. The first-order valence-electron chi connectivity index (χ1n) is 5.00. The Morgan fingerprint density at radius 3 is 1.36 bits per heavy atom. The highest BCUT2D eigenvalue weighted by Crippen LogP contribution is 2.04. The van der Waals surface area contributed by atoms with Crippen LogP contribution < -0.4 is 0 Å². The molecule has 0 aromatic rings. The average Bonchev–Trinajstić information content (AvgIpc) is 1.82. The molecule has 0 aromatic carbocycles. The molecule has 11 heavy (non-hydrogen) atoms. The van der Waals surface area contributed by atoms with Gasteiger partial charge < -0.3 is 0 Å². The van der Waals surface area contributed by atoms with E-state index in [1.165, 1.54) is 19.3 Å². The van der Waals surface area contributed by atoms with E-state index in [-0.39, 0.29) is 0 Å². The van der Waals surface area contributed by atoms with Crippen LogP contribution >= 0.6 is 0 Å². The molecule has 0 aliphatic rings. The van der Waals surface area contributed by atoms with Crippen molar-refractivity contribution in [2.75, 3.05) is 0 Å². The predicted molar refractivity (Wildman–Crippen MR) is 54.9 cm³/mol. The van der Waals surface area contributed by atoms with Crippen LogP contribution in [0.1, 0.15) is 60.8 Å². The number of rotatable bonds is 3. The fraction of sp³-hybridized carbons (Fsp3) is 1.00. The van der Waals surface area contributed by atoms with Crippen molar-refractivity contribution >= 4 is 0 Å². The minimum Gasteiger partial charge on any atom is -0.0654 e. The second kappa shape index (κ2) is 10.0. The van der Waals surface area contributed by atoms with Crippen molar-refractivity contribution in [1.29, 1.82) is 0 Å². The highest BCUT2D eigenvalue weighted by molar-refractivity contribution is 4.42. The molecule has 0 radical (unpaired) electrons. The van der Waals surface area contributed by atoms with Crippen molar-refractivity contribution in [1.82, 2.24) is 0 Å². The lowest BCUT2D eigenvalue weighted by atomic mass is 10.1. The van der Waals surface area contributed by atoms with Gasteiger partial charge in [0.2, 0.25) is 0 Å². The van der Waals surface area contributed by atoms with Gasteiger partial charge in [-0.05, 0) is 11.8 Å². The lowest BCUT2D eigenvalue weighted by Gasteiger charge is -1.98. The van der Waals surface area contributed by atoms with Crippen LogP contribution in [-0.4, -0.2) is 0 Å². The standard InChI is InChI=1S/C7H16.C4H10/c1-4-5-6-7(2)3;1-4(2)3/h7H,4-6H2,1-3H3;4H,1-3H3. The molecule has 0 saturated carbocycles. The molecule has 0 aliphatic carbocycles. The van der Waals surface area contributed by atoms with Crippen molar-refractivity contribution in [3.05, 3.63) is 0 Å². The molecular weight excluding hydrogens is 132 g/mol. The summed E-state index contributed by atoms with van der Waals surface area (Å²) >= 11 is 0. The molecule has 0 heteroatoms. The topological polar surface area (TPSA) is 0 Å². The van der Waals surface area contributed by atoms with Gasteiger partial charge in [-0.25, -0.2) is 0 Å². The van der Waals surface area contributed by atoms with Gasteiger partial charge in [0.1, 0.15) is 0 Å². The van der Waals surface area contributed by atoms with E-state index in [1.807, 2.05) is 0 Å². The highest BCUT2D eigenvalue weighted by atomic mass is 13.9. The van der Waals surface area contributed by atoms with E-state index in [9.17, 15) is 0 Å². The van der Waals surface area contributed by atoms with Gasteiger partial charge in [0.15, 0.2) is 0 Å². The maximum Gasteiger partial charge on any atom is -0.0471 e. The molecule has 0 spiro atoms. The zero-order chi connectivity index (χ0) is 9.28. The third-order valence-corrected chi connectivity index (χ3v) is 1.14. The van der Waals surface area contributed by atoms with E-state index in [0.29, 0.717) is 0 Å². The van der Waals surface area contributed by atoms with Crippen LogP contribution in [-0.2, 0) is 0 Å². The van der Waals surface area contributed by atoms with Crippen molar-refractivity contribution < 1.29 is 0 Å². The van der Waals surface area contributed by atoms with Crippen molar-refractivity contribution in [3.63, 3.8) is 0 Å². The van der Waals surface area contributed by atoms with E-state index < -0.39 is 0 Å². The van der Waals surface area contributed by atoms with Gasteiger partial charge in [-0.3, -0.25) is 0 Å². The zero-order valence-electron chi connectivity index (χ0n) is 9.28. The molecule has 0 nitrogen and oxygen atoms in total. The summed E-state index contributed by atoms with van der Waals surface area (Å²) in [6.07, 6.45) is 4.15. The van der Waals surface area contributed by atoms with Gasteiger partial charge in [0.25, 0.3) is 0 Å². The molecule has 0 aromatic heterocycles. The lowest BCUT2D eigenvalue weighted by molar-refractivity contribution is 0.550. The normalized spacial score (nSPS) is 9.82. The predicted octanol–water partition coefficient (Wildman–Crippen LogP) is 4.49. The molecule has 0 heterocycles. The first-order chi connectivity index (χ1) is 5.00. The van der Waals surface area contributed by atoms with E-state index in [0.717, 1.165) is 11.8 Å². The maximum absolute atomic E-state index is 2.27. The minimum absolute atomic E-state index is 0.833. The largest absolute Gasteiger partial charge is 0.0654 e. The summed E-state index contributed by atoms with van der Waals surface area (Å²) in [6.45, 7) is 13.3. The third-order valence-electron chi connectivity index (χ3n) is 1.14. The summed E-state index contributed by atoms with van der Waals surface area (Å²) in [5, 5.41) is 0. The van der Waals surface area contributed by atoms with Crippen LogP contribution in [0.15, 0.2) is 0 Å². The van der Waals surface area contributed by atoms with Crippen LogP contribution in [0, 0.1) is 11.8 Å². The maximum atomic E-state index is 2.27. The van der Waals surface area contributed by atoms with Crippen LogP contribution in [0.2, 0.25) is 0 Å². The Hall–Kier alpha value is 0. The summed E-state index contributed by atoms with van der Waals surface area (Å²) in [5.41, 5.74) is 0. The van der Waals surface area contributed by atoms with Crippen LogP contribution in [0.25, 0.3) is 0 Å². The average molecular weight is 158 g/mol. The van der Waals surface area contributed by atoms with Gasteiger partial charge in [-0.15, -0.1) is 0 Å². The van der Waals surface area contributed by atoms with Gasteiger partial charge in [0.05, 0.1) is 0 Å². The first kappa shape index (κ1) is 13.6. The molecule has 0 bridgehead atoms. The summed E-state index contributed by atoms with van der Waals surface area (Å²) in [6, 6.07) is 0. The number of hydrogen-bond acceptors (Lipinski definition) is 0. The highest BCUT2D eigenvalue weighted by Gasteiger charge is 1.88. The molecule has 0 saturated heterocycles. The van der Waals surface area contributed by atoms with E-state index in [4.69, 9.17) is 0 Å². The molecular formula is C11H26. The van der Waals surface area contributed by atoms with Crippen LogP contribution in [0.5, 0.6) is 0 Å².